The van der Waals surface area contributed by atoms with Crippen molar-refractivity contribution < 1.29 is 9.21 Å². The molecule has 4 aromatic heterocycles. The van der Waals surface area contributed by atoms with Gasteiger partial charge in [0.05, 0.1) is 36.5 Å². The highest BCUT2D eigenvalue weighted by molar-refractivity contribution is 5.93. The highest BCUT2D eigenvalue weighted by atomic mass is 16.3. The summed E-state index contributed by atoms with van der Waals surface area (Å²) in [4.78, 5) is 26.1. The van der Waals surface area contributed by atoms with Gasteiger partial charge < -0.3 is 19.2 Å². The van der Waals surface area contributed by atoms with Gasteiger partial charge >= 0.3 is 0 Å². The van der Waals surface area contributed by atoms with Crippen molar-refractivity contribution in [1.29, 1.82) is 5.26 Å². The maximum Gasteiger partial charge on any atom is 0.239 e. The number of carbonyl (C=O) groups excluding carboxylic acids is 1. The fourth-order valence-electron chi connectivity index (χ4n) is 4.58. The minimum Gasteiger partial charge on any atom is -0.467 e. The lowest BCUT2D eigenvalue weighted by Gasteiger charge is -2.35. The summed E-state index contributed by atoms with van der Waals surface area (Å²) >= 11 is 0. The molecule has 11 nitrogen and oxygen atoms in total. The van der Waals surface area contributed by atoms with Gasteiger partial charge in [0.1, 0.15) is 29.8 Å². The molecule has 0 radical (unpaired) electrons. The van der Waals surface area contributed by atoms with Crippen LogP contribution < -0.4 is 10.2 Å². The second-order valence-corrected chi connectivity index (χ2v) is 8.73. The zero-order valence-corrected chi connectivity index (χ0v) is 20.0. The van der Waals surface area contributed by atoms with Crippen molar-refractivity contribution in [2.75, 3.05) is 42.9 Å². The molecule has 4 aromatic rings. The molecule has 1 aliphatic heterocycles. The van der Waals surface area contributed by atoms with Gasteiger partial charge in [0.25, 0.3) is 0 Å². The van der Waals surface area contributed by atoms with E-state index in [1.165, 1.54) is 0 Å². The quantitative estimate of drug-likeness (QED) is 0.452. The molecule has 0 saturated carbocycles. The number of hydrogen-bond donors (Lipinski definition) is 1. The standard InChI is InChI=1S/C24H27N9O2/c1-16-17(2)33(13-18-5-4-10-35-18)24(19(16)11-25)29-21(34)14-31-6-8-32(9-7-31)23-20-12-28-30(3)22(20)26-15-27-23/h4-5,10,12,15H,6-9,13-14H2,1-3H3,(H,29,34). The maximum atomic E-state index is 13.0. The van der Waals surface area contributed by atoms with E-state index < -0.39 is 0 Å². The number of carbonyl (C=O) groups is 1. The zero-order valence-electron chi connectivity index (χ0n) is 20.0. The molecule has 0 aliphatic carbocycles. The minimum absolute atomic E-state index is 0.148. The average Bonchev–Trinajstić information content (AvgIpc) is 3.56. The number of nitrogens with one attached hydrogen (secondary N) is 1. The third kappa shape index (κ3) is 4.24. The Morgan fingerprint density at radius 1 is 1.23 bits per heavy atom. The number of fused-ring (bicyclic) bond motifs is 1. The van der Waals surface area contributed by atoms with Gasteiger partial charge in [-0.25, -0.2) is 9.97 Å². The number of rotatable bonds is 6. The van der Waals surface area contributed by atoms with Crippen LogP contribution in [-0.4, -0.2) is 67.8 Å². The summed E-state index contributed by atoms with van der Waals surface area (Å²) in [7, 11) is 1.86. The molecular weight excluding hydrogens is 446 g/mol. The summed E-state index contributed by atoms with van der Waals surface area (Å²) < 4.78 is 9.15. The van der Waals surface area contributed by atoms with Crippen LogP contribution in [0.4, 0.5) is 11.6 Å². The molecule has 1 N–H and O–H groups in total. The van der Waals surface area contributed by atoms with Crippen LogP contribution in [0.1, 0.15) is 22.6 Å². The Hall–Kier alpha value is -4.17. The van der Waals surface area contributed by atoms with Gasteiger partial charge in [-0.1, -0.05) is 0 Å². The van der Waals surface area contributed by atoms with E-state index in [0.29, 0.717) is 17.9 Å². The largest absolute Gasteiger partial charge is 0.467 e. The van der Waals surface area contributed by atoms with Crippen molar-refractivity contribution in [2.24, 2.45) is 7.05 Å². The number of nitrogens with zero attached hydrogens (tertiary/aromatic N) is 8. The van der Waals surface area contributed by atoms with Crippen LogP contribution in [0.25, 0.3) is 11.0 Å². The number of hydrogen-bond acceptors (Lipinski definition) is 8. The number of aryl methyl sites for hydroxylation is 1. The number of furan rings is 1. The summed E-state index contributed by atoms with van der Waals surface area (Å²) in [6.45, 7) is 7.45. The summed E-state index contributed by atoms with van der Waals surface area (Å²) in [5.74, 6) is 1.99. The lowest BCUT2D eigenvalue weighted by molar-refractivity contribution is -0.117. The molecule has 180 valence electrons. The monoisotopic (exact) mass is 473 g/mol. The summed E-state index contributed by atoms with van der Waals surface area (Å²) in [5.41, 5.74) is 3.06. The molecule has 11 heteroatoms. The number of aromatic nitrogens is 5. The van der Waals surface area contributed by atoms with Crippen molar-refractivity contribution in [2.45, 2.75) is 20.4 Å². The smallest absolute Gasteiger partial charge is 0.239 e. The van der Waals surface area contributed by atoms with Gasteiger partial charge in [0.15, 0.2) is 5.65 Å². The normalized spacial score (nSPS) is 14.4. The number of amides is 1. The van der Waals surface area contributed by atoms with Crippen LogP contribution in [0.5, 0.6) is 0 Å². The fraction of sp³-hybridized carbons (Fsp3) is 0.375. The van der Waals surface area contributed by atoms with Crippen molar-refractivity contribution in [3.8, 4) is 6.07 Å². The van der Waals surface area contributed by atoms with E-state index in [-0.39, 0.29) is 12.5 Å². The highest BCUT2D eigenvalue weighted by Gasteiger charge is 2.24. The highest BCUT2D eigenvalue weighted by Crippen LogP contribution is 2.28. The maximum absolute atomic E-state index is 13.0. The molecular formula is C24H27N9O2. The first kappa shape index (κ1) is 22.6. The average molecular weight is 474 g/mol. The van der Waals surface area contributed by atoms with Gasteiger partial charge in [-0.15, -0.1) is 0 Å². The Morgan fingerprint density at radius 3 is 2.74 bits per heavy atom. The number of piperazine rings is 1. The van der Waals surface area contributed by atoms with Crippen molar-refractivity contribution >= 4 is 28.6 Å². The molecule has 1 amide bonds. The summed E-state index contributed by atoms with van der Waals surface area (Å²) in [6.07, 6.45) is 4.97. The van der Waals surface area contributed by atoms with E-state index >= 15 is 0 Å². The van der Waals surface area contributed by atoms with Crippen LogP contribution in [0.15, 0.2) is 35.3 Å². The first-order valence-electron chi connectivity index (χ1n) is 11.5. The molecule has 0 unspecified atom stereocenters. The number of nitriles is 1. The molecule has 0 bridgehead atoms. The topological polar surface area (TPSA) is 121 Å². The van der Waals surface area contributed by atoms with E-state index in [4.69, 9.17) is 4.42 Å². The molecule has 1 fully saturated rings. The van der Waals surface area contributed by atoms with Crippen LogP contribution >= 0.6 is 0 Å². The van der Waals surface area contributed by atoms with E-state index in [9.17, 15) is 10.1 Å². The Morgan fingerprint density at radius 2 is 2.03 bits per heavy atom. The third-order valence-electron chi connectivity index (χ3n) is 6.64. The Bertz CT molecular complexity index is 1400. The van der Waals surface area contributed by atoms with E-state index in [2.05, 4.69) is 36.3 Å². The molecule has 1 saturated heterocycles. The first-order chi connectivity index (χ1) is 17.0. The van der Waals surface area contributed by atoms with Crippen LogP contribution in [0.2, 0.25) is 0 Å². The van der Waals surface area contributed by atoms with Gasteiger partial charge in [0.2, 0.25) is 5.91 Å². The third-order valence-corrected chi connectivity index (χ3v) is 6.64. The molecule has 5 rings (SSSR count). The summed E-state index contributed by atoms with van der Waals surface area (Å²) in [5, 5.41) is 18.0. The predicted molar refractivity (Wildman–Crippen MR) is 130 cm³/mol. The number of anilines is 2. The lowest BCUT2D eigenvalue weighted by atomic mass is 10.2. The molecule has 0 aromatic carbocycles. The Kier molecular flexibility index (Phi) is 5.96. The molecule has 0 spiro atoms. The summed E-state index contributed by atoms with van der Waals surface area (Å²) in [6, 6.07) is 5.95. The van der Waals surface area contributed by atoms with E-state index in [1.54, 1.807) is 23.5 Å². The second kappa shape index (κ2) is 9.23. The molecule has 0 atom stereocenters. The van der Waals surface area contributed by atoms with E-state index in [0.717, 1.165) is 60.0 Å². The first-order valence-corrected chi connectivity index (χ1v) is 11.5. The fourth-order valence-corrected chi connectivity index (χ4v) is 4.58. The van der Waals surface area contributed by atoms with Crippen molar-refractivity contribution in [3.05, 3.63) is 53.5 Å². The van der Waals surface area contributed by atoms with Gasteiger partial charge in [-0.2, -0.15) is 10.4 Å². The Labute approximate surface area is 202 Å². The van der Waals surface area contributed by atoms with Crippen LogP contribution in [0, 0.1) is 25.2 Å². The van der Waals surface area contributed by atoms with Gasteiger partial charge in [0, 0.05) is 38.9 Å². The van der Waals surface area contributed by atoms with Gasteiger partial charge in [-0.05, 0) is 31.5 Å². The molecule has 1 aliphatic rings. The second-order valence-electron chi connectivity index (χ2n) is 8.73. The molecule has 35 heavy (non-hydrogen) atoms. The van der Waals surface area contributed by atoms with E-state index in [1.807, 2.05) is 37.6 Å². The van der Waals surface area contributed by atoms with Crippen LogP contribution in [-0.2, 0) is 18.4 Å². The lowest BCUT2D eigenvalue weighted by Crippen LogP contribution is -2.49. The van der Waals surface area contributed by atoms with Crippen molar-refractivity contribution in [1.82, 2.24) is 29.2 Å². The van der Waals surface area contributed by atoms with Crippen molar-refractivity contribution in [3.63, 3.8) is 0 Å². The predicted octanol–water partition coefficient (Wildman–Crippen LogP) is 2.06. The molecule has 5 heterocycles. The van der Waals surface area contributed by atoms with Crippen LogP contribution in [0.3, 0.4) is 0 Å². The SMILES string of the molecule is Cc1c(C#N)c(NC(=O)CN2CCN(c3ncnc4c3cnn4C)CC2)n(Cc2ccco2)c1C. The Balaban J connectivity index is 1.25. The zero-order chi connectivity index (χ0) is 24.5. The van der Waals surface area contributed by atoms with Gasteiger partial charge in [-0.3, -0.25) is 14.4 Å². The minimum atomic E-state index is -0.148.